The SMILES string of the molecule is CC1CN(C(C)(C)CNC(=O)c2cnn(C(C)(C)C)c2)CC(C)O1. The topological polar surface area (TPSA) is 59.4 Å². The molecular formula is C18H32N4O2. The van der Waals surface area contributed by atoms with E-state index in [1.165, 1.54) is 0 Å². The van der Waals surface area contributed by atoms with E-state index in [2.05, 4.69) is 63.8 Å². The van der Waals surface area contributed by atoms with Gasteiger partial charge in [-0.25, -0.2) is 0 Å². The predicted octanol–water partition coefficient (Wildman–Crippen LogP) is 2.26. The molecule has 1 fully saturated rings. The van der Waals surface area contributed by atoms with Crippen LogP contribution in [0.4, 0.5) is 0 Å². The highest BCUT2D eigenvalue weighted by Gasteiger charge is 2.33. The Morgan fingerprint density at radius 2 is 1.83 bits per heavy atom. The van der Waals surface area contributed by atoms with Crippen molar-refractivity contribution in [3.8, 4) is 0 Å². The molecule has 0 saturated carbocycles. The summed E-state index contributed by atoms with van der Waals surface area (Å²) in [6.45, 7) is 17.1. The van der Waals surface area contributed by atoms with Crippen molar-refractivity contribution in [3.63, 3.8) is 0 Å². The Bertz CT molecular complexity index is 564. The molecule has 0 radical (unpaired) electrons. The van der Waals surface area contributed by atoms with Gasteiger partial charge >= 0.3 is 0 Å². The molecule has 1 N–H and O–H groups in total. The van der Waals surface area contributed by atoms with Gasteiger partial charge in [0.25, 0.3) is 5.91 Å². The Labute approximate surface area is 145 Å². The first-order valence-corrected chi connectivity index (χ1v) is 8.73. The maximum atomic E-state index is 12.4. The highest BCUT2D eigenvalue weighted by atomic mass is 16.5. The molecule has 1 aromatic heterocycles. The second-order valence-corrected chi connectivity index (χ2v) is 8.50. The lowest BCUT2D eigenvalue weighted by Crippen LogP contribution is -2.58. The standard InChI is InChI=1S/C18H32N4O2/c1-13-9-21(10-14(2)24-13)18(6,7)12-19-16(23)15-8-20-22(11-15)17(3,4)5/h8,11,13-14H,9-10,12H2,1-7H3,(H,19,23). The van der Waals surface area contributed by atoms with E-state index in [1.54, 1.807) is 12.4 Å². The number of morpholine rings is 1. The van der Waals surface area contributed by atoms with E-state index < -0.39 is 0 Å². The molecule has 1 aliphatic rings. The molecule has 2 rings (SSSR count). The molecule has 1 amide bonds. The van der Waals surface area contributed by atoms with Gasteiger partial charge < -0.3 is 10.1 Å². The van der Waals surface area contributed by atoms with Crippen LogP contribution >= 0.6 is 0 Å². The number of carbonyl (C=O) groups is 1. The molecule has 2 heterocycles. The van der Waals surface area contributed by atoms with E-state index in [1.807, 2.05) is 4.68 Å². The van der Waals surface area contributed by atoms with Gasteiger partial charge in [-0.2, -0.15) is 5.10 Å². The number of rotatable bonds is 4. The van der Waals surface area contributed by atoms with Crippen molar-refractivity contribution in [2.45, 2.75) is 71.8 Å². The van der Waals surface area contributed by atoms with Crippen LogP contribution in [0.25, 0.3) is 0 Å². The summed E-state index contributed by atoms with van der Waals surface area (Å²) in [5.74, 6) is -0.0760. The van der Waals surface area contributed by atoms with Crippen LogP contribution in [0.3, 0.4) is 0 Å². The third-order valence-corrected chi connectivity index (χ3v) is 4.49. The van der Waals surface area contributed by atoms with Crippen LogP contribution in [0.15, 0.2) is 12.4 Å². The smallest absolute Gasteiger partial charge is 0.254 e. The van der Waals surface area contributed by atoms with Crippen LogP contribution in [0.2, 0.25) is 0 Å². The van der Waals surface area contributed by atoms with Crippen LogP contribution in [-0.4, -0.2) is 58.0 Å². The number of nitrogens with zero attached hydrogens (tertiary/aromatic N) is 3. The van der Waals surface area contributed by atoms with Crippen molar-refractivity contribution in [2.24, 2.45) is 0 Å². The third kappa shape index (κ3) is 4.57. The molecule has 136 valence electrons. The van der Waals surface area contributed by atoms with Gasteiger partial charge in [0.2, 0.25) is 0 Å². The monoisotopic (exact) mass is 336 g/mol. The molecule has 0 spiro atoms. The van der Waals surface area contributed by atoms with Gasteiger partial charge in [-0.1, -0.05) is 0 Å². The minimum atomic E-state index is -0.127. The Hall–Kier alpha value is -1.40. The number of nitrogens with one attached hydrogen (secondary N) is 1. The molecular weight excluding hydrogens is 304 g/mol. The lowest BCUT2D eigenvalue weighted by Gasteiger charge is -2.45. The number of carbonyl (C=O) groups excluding carboxylic acids is 1. The van der Waals surface area contributed by atoms with E-state index in [9.17, 15) is 4.79 Å². The Morgan fingerprint density at radius 1 is 1.25 bits per heavy atom. The highest BCUT2D eigenvalue weighted by molar-refractivity contribution is 5.93. The first kappa shape index (κ1) is 18.9. The predicted molar refractivity (Wildman–Crippen MR) is 95.2 cm³/mol. The van der Waals surface area contributed by atoms with E-state index in [0.717, 1.165) is 13.1 Å². The fourth-order valence-electron chi connectivity index (χ4n) is 2.99. The van der Waals surface area contributed by atoms with E-state index in [-0.39, 0.29) is 29.2 Å². The molecule has 0 aliphatic carbocycles. The maximum Gasteiger partial charge on any atom is 0.254 e. The lowest BCUT2D eigenvalue weighted by molar-refractivity contribution is -0.0948. The van der Waals surface area contributed by atoms with Crippen molar-refractivity contribution >= 4 is 5.91 Å². The molecule has 2 atom stereocenters. The Morgan fingerprint density at radius 3 is 2.33 bits per heavy atom. The molecule has 6 nitrogen and oxygen atoms in total. The number of amides is 1. The van der Waals surface area contributed by atoms with E-state index in [4.69, 9.17) is 4.74 Å². The first-order valence-electron chi connectivity index (χ1n) is 8.73. The van der Waals surface area contributed by atoms with Gasteiger partial charge in [0, 0.05) is 31.4 Å². The summed E-state index contributed by atoms with van der Waals surface area (Å²) < 4.78 is 7.62. The summed E-state index contributed by atoms with van der Waals surface area (Å²) in [6.07, 6.45) is 3.87. The number of aromatic nitrogens is 2. The fraction of sp³-hybridized carbons (Fsp3) is 0.778. The summed E-state index contributed by atoms with van der Waals surface area (Å²) in [5, 5.41) is 7.35. The first-order chi connectivity index (χ1) is 11.0. The minimum Gasteiger partial charge on any atom is -0.373 e. The van der Waals surface area contributed by atoms with Gasteiger partial charge in [0.15, 0.2) is 0 Å². The summed E-state index contributed by atoms with van der Waals surface area (Å²) in [4.78, 5) is 14.8. The quantitative estimate of drug-likeness (QED) is 0.916. The molecule has 24 heavy (non-hydrogen) atoms. The molecule has 1 aromatic rings. The normalized spacial score (nSPS) is 23.3. The summed E-state index contributed by atoms with van der Waals surface area (Å²) in [5.41, 5.74) is 0.351. The van der Waals surface area contributed by atoms with Crippen LogP contribution in [0.1, 0.15) is 58.8 Å². The number of hydrogen-bond donors (Lipinski definition) is 1. The van der Waals surface area contributed by atoms with Gasteiger partial charge in [-0.15, -0.1) is 0 Å². The number of ether oxygens (including phenoxy) is 1. The van der Waals surface area contributed by atoms with Crippen LogP contribution in [-0.2, 0) is 10.3 Å². The molecule has 2 unspecified atom stereocenters. The Kier molecular flexibility index (Phi) is 5.40. The van der Waals surface area contributed by atoms with E-state index >= 15 is 0 Å². The lowest BCUT2D eigenvalue weighted by atomic mass is 10.00. The molecule has 1 aliphatic heterocycles. The zero-order chi connectivity index (χ0) is 18.1. The van der Waals surface area contributed by atoms with Gasteiger partial charge in [0.05, 0.1) is 29.5 Å². The zero-order valence-electron chi connectivity index (χ0n) is 16.1. The van der Waals surface area contributed by atoms with Crippen LogP contribution in [0.5, 0.6) is 0 Å². The van der Waals surface area contributed by atoms with Crippen molar-refractivity contribution in [1.29, 1.82) is 0 Å². The van der Waals surface area contributed by atoms with Crippen LogP contribution < -0.4 is 5.32 Å². The molecule has 0 bridgehead atoms. The maximum absolute atomic E-state index is 12.4. The van der Waals surface area contributed by atoms with Crippen molar-refractivity contribution in [2.75, 3.05) is 19.6 Å². The van der Waals surface area contributed by atoms with Gasteiger partial charge in [-0.3, -0.25) is 14.4 Å². The fourth-order valence-corrected chi connectivity index (χ4v) is 2.99. The second kappa shape index (κ2) is 6.84. The summed E-state index contributed by atoms with van der Waals surface area (Å²) in [6, 6.07) is 0. The summed E-state index contributed by atoms with van der Waals surface area (Å²) in [7, 11) is 0. The van der Waals surface area contributed by atoms with Crippen LogP contribution in [0, 0.1) is 0 Å². The second-order valence-electron chi connectivity index (χ2n) is 8.50. The molecule has 0 aromatic carbocycles. The van der Waals surface area contributed by atoms with Crippen molar-refractivity contribution in [3.05, 3.63) is 18.0 Å². The molecule has 6 heteroatoms. The largest absolute Gasteiger partial charge is 0.373 e. The Balaban J connectivity index is 1.96. The molecule has 1 saturated heterocycles. The van der Waals surface area contributed by atoms with Crippen molar-refractivity contribution in [1.82, 2.24) is 20.0 Å². The van der Waals surface area contributed by atoms with Gasteiger partial charge in [0.1, 0.15) is 0 Å². The minimum absolute atomic E-state index is 0.0760. The summed E-state index contributed by atoms with van der Waals surface area (Å²) >= 11 is 0. The van der Waals surface area contributed by atoms with E-state index in [0.29, 0.717) is 12.1 Å². The van der Waals surface area contributed by atoms with Crippen molar-refractivity contribution < 1.29 is 9.53 Å². The number of hydrogen-bond acceptors (Lipinski definition) is 4. The average Bonchev–Trinajstić information content (AvgIpc) is 2.93. The van der Waals surface area contributed by atoms with Gasteiger partial charge in [-0.05, 0) is 48.5 Å². The average molecular weight is 336 g/mol. The highest BCUT2D eigenvalue weighted by Crippen LogP contribution is 2.21. The third-order valence-electron chi connectivity index (χ3n) is 4.49. The zero-order valence-corrected chi connectivity index (χ0v) is 16.1.